The first-order chi connectivity index (χ1) is 22.1. The van der Waals surface area contributed by atoms with Crippen molar-refractivity contribution in [2.24, 2.45) is 5.92 Å². The maximum absolute atomic E-state index is 13.6. The number of amides is 3. The number of rotatable bonds is 9. The largest absolute Gasteiger partial charge is 0.488 e. The summed E-state index contributed by atoms with van der Waals surface area (Å²) in [7, 11) is 2.07. The maximum atomic E-state index is 13.6. The van der Waals surface area contributed by atoms with Crippen molar-refractivity contribution >= 4 is 23.3 Å². The Labute approximate surface area is 270 Å². The molecule has 10 nitrogen and oxygen atoms in total. The van der Waals surface area contributed by atoms with E-state index in [2.05, 4.69) is 71.1 Å². The van der Waals surface area contributed by atoms with E-state index in [1.807, 2.05) is 25.1 Å². The van der Waals surface area contributed by atoms with E-state index in [0.717, 1.165) is 6.54 Å². The zero-order chi connectivity index (χ0) is 32.8. The number of hydrogen-bond acceptors (Lipinski definition) is 7. The van der Waals surface area contributed by atoms with Crippen LogP contribution in [-0.4, -0.2) is 70.9 Å². The van der Waals surface area contributed by atoms with Crippen LogP contribution in [0.2, 0.25) is 0 Å². The average molecular weight is 626 g/mol. The van der Waals surface area contributed by atoms with Gasteiger partial charge in [-0.15, -0.1) is 0 Å². The number of aromatic nitrogens is 1. The highest BCUT2D eigenvalue weighted by atomic mass is 16.5. The molecule has 242 valence electrons. The number of anilines is 2. The summed E-state index contributed by atoms with van der Waals surface area (Å²) in [5, 5.41) is 19.5. The summed E-state index contributed by atoms with van der Waals surface area (Å²) in [4.78, 5) is 30.3. The molecule has 0 bridgehead atoms. The number of urea groups is 1. The molecule has 3 atom stereocenters. The highest BCUT2D eigenvalue weighted by Crippen LogP contribution is 2.30. The van der Waals surface area contributed by atoms with Crippen molar-refractivity contribution in [1.82, 2.24) is 15.0 Å². The Kier molecular flexibility index (Phi) is 10.4. The minimum absolute atomic E-state index is 0.0227. The van der Waals surface area contributed by atoms with Crippen LogP contribution in [0, 0.1) is 19.8 Å². The summed E-state index contributed by atoms with van der Waals surface area (Å²) in [5.41, 5.74) is 5.82. The maximum Gasteiger partial charge on any atom is 0.323 e. The minimum Gasteiger partial charge on any atom is -0.488 e. The lowest BCUT2D eigenvalue weighted by molar-refractivity contribution is -0.134. The van der Waals surface area contributed by atoms with Crippen LogP contribution in [0.4, 0.5) is 16.2 Å². The van der Waals surface area contributed by atoms with E-state index in [1.165, 1.54) is 16.7 Å². The predicted octanol–water partition coefficient (Wildman–Crippen LogP) is 5.88. The Balaban J connectivity index is 1.33. The first-order valence-corrected chi connectivity index (χ1v) is 15.6. The van der Waals surface area contributed by atoms with E-state index in [9.17, 15) is 14.7 Å². The number of nitrogens with zero attached hydrogens (tertiary/aromatic N) is 3. The van der Waals surface area contributed by atoms with Crippen LogP contribution in [0.1, 0.15) is 36.4 Å². The van der Waals surface area contributed by atoms with Gasteiger partial charge < -0.3 is 29.9 Å². The number of aliphatic hydroxyl groups excluding tert-OH is 1. The van der Waals surface area contributed by atoms with Crippen LogP contribution in [-0.2, 0) is 17.8 Å². The molecule has 0 fully saturated rings. The molecule has 46 heavy (non-hydrogen) atoms. The van der Waals surface area contributed by atoms with E-state index in [1.54, 1.807) is 36.9 Å². The fourth-order valence-corrected chi connectivity index (χ4v) is 5.78. The third-order valence-corrected chi connectivity index (χ3v) is 8.45. The average Bonchev–Trinajstić information content (AvgIpc) is 3.38. The van der Waals surface area contributed by atoms with Gasteiger partial charge >= 0.3 is 6.03 Å². The molecule has 0 aliphatic carbocycles. The number of likely N-dealkylation sites (N-methyl/N-ethyl adjacent to an activating group) is 1. The van der Waals surface area contributed by atoms with E-state index in [-0.39, 0.29) is 37.0 Å². The molecule has 5 rings (SSSR count). The highest BCUT2D eigenvalue weighted by molar-refractivity contribution is 6.00. The van der Waals surface area contributed by atoms with Gasteiger partial charge in [0, 0.05) is 36.8 Å². The van der Waals surface area contributed by atoms with Gasteiger partial charge in [-0.2, -0.15) is 0 Å². The molecule has 0 spiro atoms. The van der Waals surface area contributed by atoms with Crippen LogP contribution in [0.25, 0.3) is 11.1 Å². The number of fused-ring (bicyclic) bond motifs is 1. The van der Waals surface area contributed by atoms with Gasteiger partial charge in [-0.05, 0) is 62.7 Å². The Morgan fingerprint density at radius 2 is 1.78 bits per heavy atom. The number of carbonyl (C=O) groups is 2. The first kappa shape index (κ1) is 32.7. The fraction of sp³-hybridized carbons (Fsp3) is 0.361. The zero-order valence-corrected chi connectivity index (χ0v) is 27.1. The molecule has 1 aliphatic rings. The number of carbonyl (C=O) groups excluding carboxylic acids is 2. The summed E-state index contributed by atoms with van der Waals surface area (Å²) in [5.74, 6) is 0.975. The highest BCUT2D eigenvalue weighted by Gasteiger charge is 2.31. The van der Waals surface area contributed by atoms with Gasteiger partial charge in [-0.3, -0.25) is 9.69 Å². The third-order valence-electron chi connectivity index (χ3n) is 8.45. The third kappa shape index (κ3) is 7.94. The van der Waals surface area contributed by atoms with Crippen molar-refractivity contribution in [3.05, 3.63) is 95.4 Å². The number of benzene rings is 3. The van der Waals surface area contributed by atoms with Gasteiger partial charge in [0.15, 0.2) is 5.76 Å². The van der Waals surface area contributed by atoms with E-state index in [4.69, 9.17) is 9.26 Å². The predicted molar refractivity (Wildman–Crippen MR) is 179 cm³/mol. The topological polar surface area (TPSA) is 120 Å². The van der Waals surface area contributed by atoms with Gasteiger partial charge in [0.1, 0.15) is 23.2 Å². The van der Waals surface area contributed by atoms with Gasteiger partial charge in [0.25, 0.3) is 0 Å². The van der Waals surface area contributed by atoms with Crippen LogP contribution >= 0.6 is 0 Å². The van der Waals surface area contributed by atoms with Crippen LogP contribution in [0.15, 0.2) is 77.3 Å². The molecule has 1 aromatic heterocycles. The normalized spacial score (nSPS) is 17.4. The standard InChI is InChI=1S/C36H43N5O5/c1-23-19-41(24(2)22-42)34(43)18-30-17-31(37-36(44)38-35-25(3)39-46-26(35)4)15-16-32(30)45-33(23)21-40(5)20-27-11-13-29(14-12-27)28-9-7-6-8-10-28/h6-17,23-24,33,42H,18-22H2,1-5H3,(H2,37,38,44)/t23-,24+,33+/m1/s1. The summed E-state index contributed by atoms with van der Waals surface area (Å²) >= 11 is 0. The van der Waals surface area contributed by atoms with E-state index in [0.29, 0.717) is 47.2 Å². The molecule has 0 unspecified atom stereocenters. The summed E-state index contributed by atoms with van der Waals surface area (Å²) in [6, 6.07) is 23.5. The van der Waals surface area contributed by atoms with Crippen molar-refractivity contribution in [2.75, 3.05) is 37.4 Å². The molecular formula is C36H43N5O5. The molecule has 3 amide bonds. The molecule has 3 aromatic carbocycles. The number of nitrogens with one attached hydrogen (secondary N) is 2. The molecule has 0 radical (unpaired) electrons. The van der Waals surface area contributed by atoms with Gasteiger partial charge in [0.05, 0.1) is 19.1 Å². The van der Waals surface area contributed by atoms with E-state index >= 15 is 0 Å². The lowest BCUT2D eigenvalue weighted by atomic mass is 10.0. The SMILES string of the molecule is Cc1noc(C)c1NC(=O)Nc1ccc2c(c1)CC(=O)N([C@@H](C)CO)C[C@@H](C)[C@H](CN(C)Cc1ccc(-c3ccccc3)cc1)O2. The second-order valence-corrected chi connectivity index (χ2v) is 12.2. The quantitative estimate of drug-likeness (QED) is 0.212. The Morgan fingerprint density at radius 1 is 1.07 bits per heavy atom. The number of aryl methyl sites for hydroxylation is 2. The van der Waals surface area contributed by atoms with Crippen LogP contribution in [0.3, 0.4) is 0 Å². The Hall–Kier alpha value is -4.67. The monoisotopic (exact) mass is 625 g/mol. The molecular weight excluding hydrogens is 582 g/mol. The molecule has 0 saturated carbocycles. The van der Waals surface area contributed by atoms with E-state index < -0.39 is 6.03 Å². The van der Waals surface area contributed by atoms with Gasteiger partial charge in [0.2, 0.25) is 5.91 Å². The zero-order valence-electron chi connectivity index (χ0n) is 27.1. The first-order valence-electron chi connectivity index (χ1n) is 15.6. The number of ether oxygens (including phenoxy) is 1. The molecule has 0 saturated heterocycles. The van der Waals surface area contributed by atoms with Crippen molar-refractivity contribution in [1.29, 1.82) is 0 Å². The summed E-state index contributed by atoms with van der Waals surface area (Å²) < 4.78 is 11.8. The van der Waals surface area contributed by atoms with Crippen molar-refractivity contribution < 1.29 is 24.0 Å². The van der Waals surface area contributed by atoms with Crippen molar-refractivity contribution in [3.63, 3.8) is 0 Å². The summed E-state index contributed by atoms with van der Waals surface area (Å²) in [6.45, 7) is 9.06. The molecule has 4 aromatic rings. The summed E-state index contributed by atoms with van der Waals surface area (Å²) in [6.07, 6.45) is -0.169. The minimum atomic E-state index is -0.454. The lowest BCUT2D eigenvalue weighted by Gasteiger charge is -2.34. The fourth-order valence-electron chi connectivity index (χ4n) is 5.78. The van der Waals surface area contributed by atoms with Crippen molar-refractivity contribution in [2.45, 2.75) is 52.8 Å². The molecule has 3 N–H and O–H groups in total. The smallest absolute Gasteiger partial charge is 0.323 e. The van der Waals surface area contributed by atoms with Crippen LogP contribution in [0.5, 0.6) is 5.75 Å². The number of aliphatic hydroxyl groups is 1. The van der Waals surface area contributed by atoms with Crippen LogP contribution < -0.4 is 15.4 Å². The molecule has 10 heteroatoms. The van der Waals surface area contributed by atoms with Gasteiger partial charge in [-0.25, -0.2) is 4.79 Å². The lowest BCUT2D eigenvalue weighted by Crippen LogP contribution is -2.47. The Morgan fingerprint density at radius 3 is 2.46 bits per heavy atom. The van der Waals surface area contributed by atoms with Crippen molar-refractivity contribution in [3.8, 4) is 16.9 Å². The Bertz CT molecular complexity index is 1620. The second kappa shape index (κ2) is 14.6. The molecule has 1 aliphatic heterocycles. The molecule has 2 heterocycles. The van der Waals surface area contributed by atoms with Gasteiger partial charge in [-0.1, -0.05) is 66.7 Å². The second-order valence-electron chi connectivity index (χ2n) is 12.2. The number of hydrogen-bond donors (Lipinski definition) is 3.